The zero-order valence-electron chi connectivity index (χ0n) is 14.3. The monoisotopic (exact) mass is 360 g/mol. The second kappa shape index (κ2) is 5.94. The maximum Gasteiger partial charge on any atom is 0.280 e. The minimum atomic E-state index is -0.171. The second-order valence-electron chi connectivity index (χ2n) is 6.44. The van der Waals surface area contributed by atoms with Gasteiger partial charge in [-0.1, -0.05) is 18.2 Å². The number of nitrogens with one attached hydrogen (secondary N) is 2. The van der Waals surface area contributed by atoms with Crippen LogP contribution in [0.2, 0.25) is 0 Å². The summed E-state index contributed by atoms with van der Waals surface area (Å²) in [6.07, 6.45) is 1.58. The van der Waals surface area contributed by atoms with Crippen LogP contribution in [0.1, 0.15) is 0 Å². The number of hydrogen-bond acceptors (Lipinski definition) is 5. The van der Waals surface area contributed by atoms with Crippen molar-refractivity contribution < 1.29 is 4.79 Å². The molecule has 0 unspecified atom stereocenters. The number of nitrogens with zero attached hydrogens (tertiary/aromatic N) is 4. The molecule has 27 heavy (non-hydrogen) atoms. The highest BCUT2D eigenvalue weighted by atomic mass is 16.2. The Morgan fingerprint density at radius 1 is 1.04 bits per heavy atom. The number of hydrogen-bond donors (Lipinski definition) is 2. The number of anilines is 1. The van der Waals surface area contributed by atoms with E-state index >= 15 is 0 Å². The molecule has 134 valence electrons. The molecule has 0 bridgehead atoms. The lowest BCUT2D eigenvalue weighted by atomic mass is 10.2. The maximum atomic E-state index is 12.8. The third kappa shape index (κ3) is 2.53. The number of para-hydroxylation sites is 1. The number of benzene rings is 1. The Hall–Kier alpha value is -3.68. The largest absolute Gasteiger partial charge is 0.353 e. The molecule has 0 saturated carbocycles. The van der Waals surface area contributed by atoms with Crippen molar-refractivity contribution in [3.05, 3.63) is 59.0 Å². The van der Waals surface area contributed by atoms with E-state index < -0.39 is 0 Å². The molecule has 1 fully saturated rings. The molecular formula is C19H16N6O2. The Morgan fingerprint density at radius 2 is 1.89 bits per heavy atom. The van der Waals surface area contributed by atoms with Crippen LogP contribution in [0.4, 0.5) is 5.82 Å². The minimum absolute atomic E-state index is 0.0249. The predicted molar refractivity (Wildman–Crippen MR) is 102 cm³/mol. The molecule has 1 amide bonds. The van der Waals surface area contributed by atoms with Crippen LogP contribution in [0.3, 0.4) is 0 Å². The third-order valence-corrected chi connectivity index (χ3v) is 4.73. The number of pyridine rings is 2. The van der Waals surface area contributed by atoms with Crippen molar-refractivity contribution in [1.29, 1.82) is 0 Å². The van der Waals surface area contributed by atoms with Gasteiger partial charge in [-0.15, -0.1) is 0 Å². The average Bonchev–Trinajstić information content (AvgIpc) is 3.05. The summed E-state index contributed by atoms with van der Waals surface area (Å²) in [5.74, 6) is 0.670. The number of carbonyl (C=O) groups excluding carboxylic acids is 1. The van der Waals surface area contributed by atoms with E-state index in [4.69, 9.17) is 4.98 Å². The topological polar surface area (TPSA) is 95.9 Å². The first-order valence-electron chi connectivity index (χ1n) is 8.68. The number of carbonyl (C=O) groups is 1. The van der Waals surface area contributed by atoms with Crippen molar-refractivity contribution in [1.82, 2.24) is 25.1 Å². The first-order valence-corrected chi connectivity index (χ1v) is 8.68. The van der Waals surface area contributed by atoms with Crippen molar-refractivity contribution in [2.45, 2.75) is 0 Å². The number of piperazine rings is 1. The van der Waals surface area contributed by atoms with Crippen LogP contribution in [-0.2, 0) is 4.79 Å². The molecule has 0 atom stereocenters. The molecule has 4 heterocycles. The van der Waals surface area contributed by atoms with E-state index in [0.29, 0.717) is 40.8 Å². The minimum Gasteiger partial charge on any atom is -0.353 e. The lowest BCUT2D eigenvalue weighted by Crippen LogP contribution is -2.48. The fraction of sp³-hybridized carbons (Fsp3) is 0.158. The highest BCUT2D eigenvalue weighted by molar-refractivity contribution is 6.00. The van der Waals surface area contributed by atoms with Gasteiger partial charge in [0.2, 0.25) is 5.91 Å². The van der Waals surface area contributed by atoms with Crippen LogP contribution in [0.25, 0.3) is 27.6 Å². The van der Waals surface area contributed by atoms with Crippen LogP contribution in [0, 0.1) is 0 Å². The molecule has 2 N–H and O–H groups in total. The smallest absolute Gasteiger partial charge is 0.280 e. The predicted octanol–water partition coefficient (Wildman–Crippen LogP) is 1.20. The average molecular weight is 360 g/mol. The summed E-state index contributed by atoms with van der Waals surface area (Å²) in [5.41, 5.74) is 2.51. The Balaban J connectivity index is 1.70. The highest BCUT2D eigenvalue weighted by Gasteiger charge is 2.19. The molecule has 0 radical (unpaired) electrons. The molecule has 4 aromatic rings. The summed E-state index contributed by atoms with van der Waals surface area (Å²) in [6, 6.07) is 13.1. The molecule has 1 saturated heterocycles. The highest BCUT2D eigenvalue weighted by Crippen LogP contribution is 2.23. The van der Waals surface area contributed by atoms with Crippen LogP contribution in [-0.4, -0.2) is 45.3 Å². The van der Waals surface area contributed by atoms with Crippen LogP contribution in [0.5, 0.6) is 0 Å². The Kier molecular flexibility index (Phi) is 3.43. The van der Waals surface area contributed by atoms with Gasteiger partial charge in [0.25, 0.3) is 5.56 Å². The summed E-state index contributed by atoms with van der Waals surface area (Å²) >= 11 is 0. The molecule has 5 rings (SSSR count). The number of aromatic amines is 1. The normalized spacial score (nSPS) is 14.7. The van der Waals surface area contributed by atoms with Gasteiger partial charge >= 0.3 is 0 Å². The quantitative estimate of drug-likeness (QED) is 0.560. The van der Waals surface area contributed by atoms with Gasteiger partial charge in [0.15, 0.2) is 0 Å². The van der Waals surface area contributed by atoms with Gasteiger partial charge in [0.05, 0.1) is 28.7 Å². The van der Waals surface area contributed by atoms with E-state index in [-0.39, 0.29) is 18.0 Å². The van der Waals surface area contributed by atoms with Gasteiger partial charge in [-0.3, -0.25) is 19.7 Å². The number of fused-ring (bicyclic) bond motifs is 3. The third-order valence-electron chi connectivity index (χ3n) is 4.73. The molecule has 3 aromatic heterocycles. The number of rotatable bonds is 2. The first-order chi connectivity index (χ1) is 13.2. The zero-order valence-corrected chi connectivity index (χ0v) is 14.3. The summed E-state index contributed by atoms with van der Waals surface area (Å²) in [5, 5.41) is 6.45. The number of aromatic nitrogens is 4. The van der Waals surface area contributed by atoms with E-state index in [1.54, 1.807) is 6.20 Å². The van der Waals surface area contributed by atoms with Crippen molar-refractivity contribution in [3.63, 3.8) is 0 Å². The Labute approximate surface area is 153 Å². The second-order valence-corrected chi connectivity index (χ2v) is 6.44. The van der Waals surface area contributed by atoms with E-state index in [2.05, 4.69) is 15.4 Å². The number of H-pyrrole nitrogens is 1. The van der Waals surface area contributed by atoms with Crippen molar-refractivity contribution in [2.24, 2.45) is 0 Å². The van der Waals surface area contributed by atoms with E-state index in [0.717, 1.165) is 5.69 Å². The van der Waals surface area contributed by atoms with Crippen LogP contribution < -0.4 is 15.8 Å². The van der Waals surface area contributed by atoms with Crippen molar-refractivity contribution in [3.8, 4) is 5.69 Å². The maximum absolute atomic E-state index is 12.8. The summed E-state index contributed by atoms with van der Waals surface area (Å²) in [7, 11) is 0. The lowest BCUT2D eigenvalue weighted by molar-refractivity contribution is -0.120. The Morgan fingerprint density at radius 3 is 2.70 bits per heavy atom. The van der Waals surface area contributed by atoms with Crippen molar-refractivity contribution >= 4 is 33.7 Å². The Bertz CT molecular complexity index is 1230. The van der Waals surface area contributed by atoms with E-state index in [1.165, 1.54) is 4.68 Å². The standard InChI is InChI=1S/C19H16N6O2/c26-16-11-24(9-8-20-16)15-7-6-14-18(22-15)17-13(10-21-14)19(27)25(23-17)12-4-2-1-3-5-12/h1-7,10,23H,8-9,11H2,(H,20,26). The van der Waals surface area contributed by atoms with Gasteiger partial charge in [-0.25, -0.2) is 9.67 Å². The number of amides is 1. The molecule has 1 aromatic carbocycles. The summed E-state index contributed by atoms with van der Waals surface area (Å²) in [6.45, 7) is 1.54. The molecule has 8 heteroatoms. The summed E-state index contributed by atoms with van der Waals surface area (Å²) in [4.78, 5) is 35.5. The van der Waals surface area contributed by atoms with Gasteiger partial charge in [0.1, 0.15) is 11.3 Å². The molecule has 1 aliphatic rings. The first kappa shape index (κ1) is 15.6. The van der Waals surface area contributed by atoms with Crippen LogP contribution in [0.15, 0.2) is 53.5 Å². The van der Waals surface area contributed by atoms with Gasteiger partial charge in [-0.05, 0) is 24.3 Å². The zero-order chi connectivity index (χ0) is 18.4. The van der Waals surface area contributed by atoms with Gasteiger partial charge in [0, 0.05) is 19.3 Å². The van der Waals surface area contributed by atoms with Gasteiger partial charge in [-0.2, -0.15) is 0 Å². The van der Waals surface area contributed by atoms with E-state index in [1.807, 2.05) is 47.4 Å². The van der Waals surface area contributed by atoms with Crippen LogP contribution >= 0.6 is 0 Å². The molecule has 0 spiro atoms. The molecular weight excluding hydrogens is 344 g/mol. The fourth-order valence-corrected chi connectivity index (χ4v) is 3.38. The molecule has 1 aliphatic heterocycles. The molecule has 8 nitrogen and oxygen atoms in total. The van der Waals surface area contributed by atoms with Gasteiger partial charge < -0.3 is 10.2 Å². The summed E-state index contributed by atoms with van der Waals surface area (Å²) < 4.78 is 1.49. The van der Waals surface area contributed by atoms with Crippen molar-refractivity contribution in [2.75, 3.05) is 24.5 Å². The SMILES string of the molecule is O=C1CN(c2ccc3ncc4c(=O)n(-c5ccccc5)[nH]c4c3n2)CCN1. The van der Waals surface area contributed by atoms with E-state index in [9.17, 15) is 9.59 Å². The fourth-order valence-electron chi connectivity index (χ4n) is 3.38. The molecule has 0 aliphatic carbocycles. The lowest BCUT2D eigenvalue weighted by Gasteiger charge is -2.27.